The van der Waals surface area contributed by atoms with Gasteiger partial charge in [-0.3, -0.25) is 4.90 Å². The maximum atomic E-state index is 3.40. The molecule has 0 amide bonds. The maximum Gasteiger partial charge on any atom is 0.0189 e. The summed E-state index contributed by atoms with van der Waals surface area (Å²) in [6.45, 7) is 7.00. The second-order valence-electron chi connectivity index (χ2n) is 4.42. The molecule has 0 aromatic heterocycles. The van der Waals surface area contributed by atoms with Crippen molar-refractivity contribution in [3.63, 3.8) is 0 Å². The molecule has 2 heteroatoms. The van der Waals surface area contributed by atoms with E-state index >= 15 is 0 Å². The van der Waals surface area contributed by atoms with E-state index in [0.29, 0.717) is 6.04 Å². The molecule has 0 saturated heterocycles. The second kappa shape index (κ2) is 6.41. The van der Waals surface area contributed by atoms with Gasteiger partial charge >= 0.3 is 0 Å². The molecule has 1 rings (SSSR count). The van der Waals surface area contributed by atoms with Crippen molar-refractivity contribution in [2.45, 2.75) is 58.0 Å². The van der Waals surface area contributed by atoms with Gasteiger partial charge in [-0.15, -0.1) is 0 Å². The summed E-state index contributed by atoms with van der Waals surface area (Å²) >= 11 is 0. The quantitative estimate of drug-likeness (QED) is 0.704. The van der Waals surface area contributed by atoms with Crippen molar-refractivity contribution < 1.29 is 0 Å². The van der Waals surface area contributed by atoms with Gasteiger partial charge in [0.05, 0.1) is 0 Å². The highest BCUT2D eigenvalue weighted by Crippen LogP contribution is 2.23. The molecule has 1 unspecified atom stereocenters. The third-order valence-electron chi connectivity index (χ3n) is 3.60. The number of hydrogen-bond acceptors (Lipinski definition) is 2. The van der Waals surface area contributed by atoms with Crippen molar-refractivity contribution >= 4 is 0 Å². The van der Waals surface area contributed by atoms with Gasteiger partial charge in [0, 0.05) is 18.6 Å². The number of likely N-dealkylation sites (N-methyl/N-ethyl adjacent to an activating group) is 2. The molecule has 14 heavy (non-hydrogen) atoms. The summed E-state index contributed by atoms with van der Waals surface area (Å²) < 4.78 is 0. The van der Waals surface area contributed by atoms with Crippen LogP contribution in [0.4, 0.5) is 0 Å². The molecule has 0 aliphatic heterocycles. The van der Waals surface area contributed by atoms with Crippen LogP contribution in [0.3, 0.4) is 0 Å². The highest BCUT2D eigenvalue weighted by Gasteiger charge is 2.22. The van der Waals surface area contributed by atoms with Crippen molar-refractivity contribution in [2.24, 2.45) is 0 Å². The summed E-state index contributed by atoms with van der Waals surface area (Å²) in [6, 6.07) is 1.55. The summed E-state index contributed by atoms with van der Waals surface area (Å²) in [4.78, 5) is 2.66. The number of nitrogens with one attached hydrogen (secondary N) is 1. The average Bonchev–Trinajstić information content (AvgIpc) is 2.73. The third-order valence-corrected chi connectivity index (χ3v) is 3.60. The van der Waals surface area contributed by atoms with E-state index in [1.165, 1.54) is 45.2 Å². The Balaban J connectivity index is 2.36. The second-order valence-corrected chi connectivity index (χ2v) is 4.42. The van der Waals surface area contributed by atoms with E-state index in [2.05, 4.69) is 31.1 Å². The van der Waals surface area contributed by atoms with Gasteiger partial charge in [-0.05, 0) is 32.9 Å². The zero-order valence-electron chi connectivity index (χ0n) is 10.1. The van der Waals surface area contributed by atoms with Gasteiger partial charge in [-0.25, -0.2) is 0 Å². The van der Waals surface area contributed by atoms with Crippen molar-refractivity contribution in [2.75, 3.05) is 20.1 Å². The zero-order chi connectivity index (χ0) is 10.4. The van der Waals surface area contributed by atoms with Crippen LogP contribution in [0.2, 0.25) is 0 Å². The first-order chi connectivity index (χ1) is 6.81. The minimum atomic E-state index is 0.676. The molecule has 1 aliphatic carbocycles. The Labute approximate surface area is 89.1 Å². The molecular weight excluding hydrogens is 172 g/mol. The fourth-order valence-corrected chi connectivity index (χ4v) is 2.51. The molecule has 1 aliphatic rings. The fourth-order valence-electron chi connectivity index (χ4n) is 2.51. The van der Waals surface area contributed by atoms with Crippen molar-refractivity contribution in [1.82, 2.24) is 10.2 Å². The van der Waals surface area contributed by atoms with E-state index in [-0.39, 0.29) is 0 Å². The molecular formula is C12H26N2. The smallest absolute Gasteiger partial charge is 0.0189 e. The summed E-state index contributed by atoms with van der Waals surface area (Å²) in [5, 5.41) is 3.40. The molecule has 1 fully saturated rings. The topological polar surface area (TPSA) is 15.3 Å². The van der Waals surface area contributed by atoms with Crippen LogP contribution in [0.1, 0.15) is 46.0 Å². The van der Waals surface area contributed by atoms with Crippen molar-refractivity contribution in [1.29, 1.82) is 0 Å². The summed E-state index contributed by atoms with van der Waals surface area (Å²) in [6.07, 6.45) is 6.97. The van der Waals surface area contributed by atoms with Crippen LogP contribution >= 0.6 is 0 Å². The number of rotatable bonds is 6. The van der Waals surface area contributed by atoms with E-state index in [0.717, 1.165) is 6.04 Å². The Hall–Kier alpha value is -0.0800. The van der Waals surface area contributed by atoms with Crippen LogP contribution in [0, 0.1) is 0 Å². The first-order valence-electron chi connectivity index (χ1n) is 6.23. The first-order valence-corrected chi connectivity index (χ1v) is 6.23. The lowest BCUT2D eigenvalue weighted by Crippen LogP contribution is -2.43. The minimum Gasteiger partial charge on any atom is -0.316 e. The number of nitrogens with zero attached hydrogens (tertiary/aromatic N) is 1. The molecule has 84 valence electrons. The van der Waals surface area contributed by atoms with Crippen LogP contribution in [-0.4, -0.2) is 37.1 Å². The van der Waals surface area contributed by atoms with E-state index in [1.54, 1.807) is 0 Å². The van der Waals surface area contributed by atoms with Crippen LogP contribution < -0.4 is 5.32 Å². The minimum absolute atomic E-state index is 0.676. The first kappa shape index (κ1) is 12.0. The Bertz CT molecular complexity index is 137. The van der Waals surface area contributed by atoms with Gasteiger partial charge in [0.15, 0.2) is 0 Å². The molecule has 0 aromatic rings. The fraction of sp³-hybridized carbons (Fsp3) is 1.00. The third kappa shape index (κ3) is 3.25. The normalized spacial score (nSPS) is 20.6. The van der Waals surface area contributed by atoms with Crippen LogP contribution in [0.25, 0.3) is 0 Å². The molecule has 0 bridgehead atoms. The van der Waals surface area contributed by atoms with E-state index in [9.17, 15) is 0 Å². The van der Waals surface area contributed by atoms with Crippen LogP contribution in [0.15, 0.2) is 0 Å². The largest absolute Gasteiger partial charge is 0.316 e. The molecule has 1 saturated carbocycles. The van der Waals surface area contributed by atoms with Gasteiger partial charge in [0.1, 0.15) is 0 Å². The average molecular weight is 198 g/mol. The molecule has 2 nitrogen and oxygen atoms in total. The predicted octanol–water partition coefficient (Wildman–Crippen LogP) is 2.25. The van der Waals surface area contributed by atoms with Gasteiger partial charge in [-0.1, -0.05) is 26.7 Å². The molecule has 0 heterocycles. The Morgan fingerprint density at radius 1 is 1.29 bits per heavy atom. The SMILES string of the molecule is CCC(CN(CC)C1CCCC1)NC. The van der Waals surface area contributed by atoms with E-state index in [1.807, 2.05) is 0 Å². The molecule has 1 N–H and O–H groups in total. The molecule has 1 atom stereocenters. The Morgan fingerprint density at radius 3 is 2.36 bits per heavy atom. The monoisotopic (exact) mass is 198 g/mol. The summed E-state index contributed by atoms with van der Waals surface area (Å²) in [7, 11) is 2.08. The highest BCUT2D eigenvalue weighted by molar-refractivity contribution is 4.79. The maximum absolute atomic E-state index is 3.40. The van der Waals surface area contributed by atoms with Crippen molar-refractivity contribution in [3.8, 4) is 0 Å². The van der Waals surface area contributed by atoms with Crippen LogP contribution in [-0.2, 0) is 0 Å². The standard InChI is InChI=1S/C12H26N2/c1-4-11(13-3)10-14(5-2)12-8-6-7-9-12/h11-13H,4-10H2,1-3H3. The lowest BCUT2D eigenvalue weighted by Gasteiger charge is -2.30. The summed E-state index contributed by atoms with van der Waals surface area (Å²) in [5.41, 5.74) is 0. The lowest BCUT2D eigenvalue weighted by molar-refractivity contribution is 0.187. The van der Waals surface area contributed by atoms with Crippen molar-refractivity contribution in [3.05, 3.63) is 0 Å². The van der Waals surface area contributed by atoms with Gasteiger partial charge in [0.2, 0.25) is 0 Å². The highest BCUT2D eigenvalue weighted by atomic mass is 15.2. The van der Waals surface area contributed by atoms with Gasteiger partial charge < -0.3 is 5.32 Å². The predicted molar refractivity (Wildman–Crippen MR) is 62.6 cm³/mol. The van der Waals surface area contributed by atoms with Gasteiger partial charge in [-0.2, -0.15) is 0 Å². The van der Waals surface area contributed by atoms with E-state index in [4.69, 9.17) is 0 Å². The molecule has 0 aromatic carbocycles. The number of hydrogen-bond donors (Lipinski definition) is 1. The Morgan fingerprint density at radius 2 is 1.93 bits per heavy atom. The van der Waals surface area contributed by atoms with Crippen LogP contribution in [0.5, 0.6) is 0 Å². The van der Waals surface area contributed by atoms with Gasteiger partial charge in [0.25, 0.3) is 0 Å². The molecule has 0 radical (unpaired) electrons. The lowest BCUT2D eigenvalue weighted by atomic mass is 10.1. The van der Waals surface area contributed by atoms with E-state index < -0.39 is 0 Å². The molecule has 0 spiro atoms. The zero-order valence-corrected chi connectivity index (χ0v) is 10.1. The summed E-state index contributed by atoms with van der Waals surface area (Å²) in [5.74, 6) is 0. The Kier molecular flexibility index (Phi) is 5.49.